The van der Waals surface area contributed by atoms with Crippen molar-refractivity contribution < 1.29 is 23.9 Å². The molecule has 0 atom stereocenters. The van der Waals surface area contributed by atoms with Crippen LogP contribution in [0, 0.1) is 11.3 Å². The second-order valence-corrected chi connectivity index (χ2v) is 6.09. The zero-order valence-electron chi connectivity index (χ0n) is 14.1. The van der Waals surface area contributed by atoms with Crippen molar-refractivity contribution in [2.75, 3.05) is 33.4 Å². The van der Waals surface area contributed by atoms with Crippen LogP contribution in [-0.2, 0) is 14.3 Å². The number of carbonyl (C=O) groups excluding carboxylic acids is 3. The first-order valence-electron chi connectivity index (χ1n) is 7.66. The molecule has 2 rings (SSSR count). The fourth-order valence-electron chi connectivity index (χ4n) is 2.11. The van der Waals surface area contributed by atoms with E-state index in [1.54, 1.807) is 24.3 Å². The second kappa shape index (κ2) is 9.60. The van der Waals surface area contributed by atoms with Gasteiger partial charge in [0.25, 0.3) is 11.1 Å². The summed E-state index contributed by atoms with van der Waals surface area (Å²) in [6.45, 7) is 0.157. The van der Waals surface area contributed by atoms with Gasteiger partial charge in [0.15, 0.2) is 6.61 Å². The molecule has 9 heteroatoms. The van der Waals surface area contributed by atoms with Crippen molar-refractivity contribution in [3.63, 3.8) is 0 Å². The van der Waals surface area contributed by atoms with Crippen LogP contribution in [0.1, 0.15) is 5.56 Å². The summed E-state index contributed by atoms with van der Waals surface area (Å²) < 4.78 is 10.1. The number of imide groups is 1. The number of rotatable bonds is 8. The highest BCUT2D eigenvalue weighted by atomic mass is 32.2. The summed E-state index contributed by atoms with van der Waals surface area (Å²) in [5, 5.41) is 10.7. The number of ether oxygens (including phenoxy) is 2. The average molecular weight is 375 g/mol. The van der Waals surface area contributed by atoms with E-state index in [1.807, 2.05) is 6.07 Å². The number of nitrogens with zero attached hydrogens (tertiary/aromatic N) is 2. The van der Waals surface area contributed by atoms with Gasteiger partial charge in [-0.15, -0.1) is 0 Å². The van der Waals surface area contributed by atoms with Crippen molar-refractivity contribution in [1.82, 2.24) is 10.2 Å². The second-order valence-electron chi connectivity index (χ2n) is 5.10. The minimum absolute atomic E-state index is 0.131. The Morgan fingerprint density at radius 3 is 2.88 bits per heavy atom. The molecule has 3 amide bonds. The third-order valence-electron chi connectivity index (χ3n) is 3.30. The molecule has 1 fully saturated rings. The maximum absolute atomic E-state index is 12.4. The van der Waals surface area contributed by atoms with Crippen molar-refractivity contribution in [1.29, 1.82) is 5.26 Å². The highest BCUT2D eigenvalue weighted by Gasteiger charge is 2.36. The van der Waals surface area contributed by atoms with E-state index in [0.717, 1.165) is 16.7 Å². The maximum Gasteiger partial charge on any atom is 0.294 e. The van der Waals surface area contributed by atoms with Crippen LogP contribution in [0.4, 0.5) is 4.79 Å². The molecule has 1 aliphatic heterocycles. The molecular weight excluding hydrogens is 358 g/mol. The molecule has 26 heavy (non-hydrogen) atoms. The predicted molar refractivity (Wildman–Crippen MR) is 95.1 cm³/mol. The first-order valence-corrected chi connectivity index (χ1v) is 8.48. The molecule has 0 aliphatic carbocycles. The molecule has 1 aromatic carbocycles. The Balaban J connectivity index is 2.10. The van der Waals surface area contributed by atoms with Gasteiger partial charge in [-0.05, 0) is 23.9 Å². The number of carbonyl (C=O) groups is 3. The Morgan fingerprint density at radius 1 is 1.38 bits per heavy atom. The van der Waals surface area contributed by atoms with Gasteiger partial charge in [-0.3, -0.25) is 19.3 Å². The van der Waals surface area contributed by atoms with Crippen LogP contribution < -0.4 is 10.1 Å². The van der Waals surface area contributed by atoms with Crippen LogP contribution in [0.5, 0.6) is 5.75 Å². The normalized spacial score (nSPS) is 15.2. The van der Waals surface area contributed by atoms with Gasteiger partial charge in [0.1, 0.15) is 18.4 Å². The van der Waals surface area contributed by atoms with Gasteiger partial charge in [0.05, 0.1) is 11.5 Å². The maximum atomic E-state index is 12.4. The molecule has 1 N–H and O–H groups in total. The van der Waals surface area contributed by atoms with Crippen LogP contribution in [0.2, 0.25) is 0 Å². The molecule has 1 aromatic rings. The number of nitriles is 1. The number of methoxy groups -OCH3 is 1. The van der Waals surface area contributed by atoms with Crippen LogP contribution in [0.25, 0.3) is 6.08 Å². The molecule has 1 heterocycles. The summed E-state index contributed by atoms with van der Waals surface area (Å²) in [5.74, 6) is -0.557. The van der Waals surface area contributed by atoms with Crippen molar-refractivity contribution in [2.45, 2.75) is 0 Å². The highest BCUT2D eigenvalue weighted by molar-refractivity contribution is 8.18. The minimum Gasteiger partial charge on any atom is -0.478 e. The van der Waals surface area contributed by atoms with Crippen molar-refractivity contribution >= 4 is 34.9 Å². The van der Waals surface area contributed by atoms with E-state index in [9.17, 15) is 14.4 Å². The van der Waals surface area contributed by atoms with E-state index in [2.05, 4.69) is 5.32 Å². The zero-order chi connectivity index (χ0) is 18.9. The number of benzene rings is 1. The summed E-state index contributed by atoms with van der Waals surface area (Å²) in [7, 11) is 1.51. The molecule has 136 valence electrons. The molecular formula is C17H17N3O5S. The van der Waals surface area contributed by atoms with Crippen molar-refractivity contribution in [3.05, 3.63) is 34.7 Å². The smallest absolute Gasteiger partial charge is 0.294 e. The number of thioether (sulfide) groups is 1. The van der Waals surface area contributed by atoms with Crippen LogP contribution in [0.15, 0.2) is 29.2 Å². The van der Waals surface area contributed by atoms with Gasteiger partial charge in [0, 0.05) is 19.2 Å². The first-order chi connectivity index (χ1) is 12.6. The van der Waals surface area contributed by atoms with Crippen molar-refractivity contribution in [2.24, 2.45) is 0 Å². The lowest BCUT2D eigenvalue weighted by Crippen LogP contribution is -2.40. The zero-order valence-corrected chi connectivity index (χ0v) is 14.9. The lowest BCUT2D eigenvalue weighted by molar-refractivity contribution is -0.129. The van der Waals surface area contributed by atoms with Crippen LogP contribution in [0.3, 0.4) is 0 Å². The number of amides is 3. The quantitative estimate of drug-likeness (QED) is 0.540. The molecule has 1 saturated heterocycles. The number of para-hydroxylation sites is 1. The van der Waals surface area contributed by atoms with Gasteiger partial charge >= 0.3 is 0 Å². The van der Waals surface area contributed by atoms with Gasteiger partial charge < -0.3 is 14.8 Å². The largest absolute Gasteiger partial charge is 0.478 e. The third kappa shape index (κ3) is 5.08. The monoisotopic (exact) mass is 375 g/mol. The standard InChI is InChI=1S/C17H17N3O5S/c1-24-9-7-19-15(21)11-20-16(22)14(26-17(20)23)10-12-4-2-3-5-13(12)25-8-6-18/h2-5,10H,7-9,11H2,1H3,(H,19,21)/b14-10-. The molecule has 0 aromatic heterocycles. The Hall–Kier alpha value is -2.83. The topological polar surface area (TPSA) is 109 Å². The summed E-state index contributed by atoms with van der Waals surface area (Å²) in [6, 6.07) is 8.73. The van der Waals surface area contributed by atoms with E-state index in [-0.39, 0.29) is 18.1 Å². The first kappa shape index (κ1) is 19.5. The van der Waals surface area contributed by atoms with E-state index in [1.165, 1.54) is 13.2 Å². The van der Waals surface area contributed by atoms with E-state index >= 15 is 0 Å². The Kier molecular flexibility index (Phi) is 7.20. The third-order valence-corrected chi connectivity index (χ3v) is 4.21. The fourth-order valence-corrected chi connectivity index (χ4v) is 2.94. The van der Waals surface area contributed by atoms with Crippen LogP contribution >= 0.6 is 11.8 Å². The molecule has 0 saturated carbocycles. The number of nitrogens with one attached hydrogen (secondary N) is 1. The van der Waals surface area contributed by atoms with E-state index in [0.29, 0.717) is 24.5 Å². The van der Waals surface area contributed by atoms with Gasteiger partial charge in [0.2, 0.25) is 5.91 Å². The molecule has 0 spiro atoms. The molecule has 8 nitrogen and oxygen atoms in total. The Bertz CT molecular complexity index is 772. The minimum atomic E-state index is -0.544. The lowest BCUT2D eigenvalue weighted by Gasteiger charge is -2.12. The fraction of sp³-hybridized carbons (Fsp3) is 0.294. The SMILES string of the molecule is COCCNC(=O)CN1C(=O)S/C(=C\c2ccccc2OCC#N)C1=O. The Labute approximate surface area is 154 Å². The summed E-state index contributed by atoms with van der Waals surface area (Å²) in [4.78, 5) is 37.4. The lowest BCUT2D eigenvalue weighted by atomic mass is 10.2. The number of hydrogen-bond acceptors (Lipinski definition) is 7. The summed E-state index contributed by atoms with van der Waals surface area (Å²) in [6.07, 6.45) is 1.51. The Morgan fingerprint density at radius 2 is 2.15 bits per heavy atom. The predicted octanol–water partition coefficient (Wildman–Crippen LogP) is 1.39. The summed E-state index contributed by atoms with van der Waals surface area (Å²) in [5.41, 5.74) is 0.567. The molecule has 0 radical (unpaired) electrons. The van der Waals surface area contributed by atoms with E-state index < -0.39 is 17.1 Å². The average Bonchev–Trinajstić information content (AvgIpc) is 2.88. The summed E-state index contributed by atoms with van der Waals surface area (Å²) >= 11 is 0.753. The van der Waals surface area contributed by atoms with Gasteiger partial charge in [-0.2, -0.15) is 5.26 Å². The number of hydrogen-bond donors (Lipinski definition) is 1. The van der Waals surface area contributed by atoms with Crippen molar-refractivity contribution in [3.8, 4) is 11.8 Å². The van der Waals surface area contributed by atoms with Crippen LogP contribution in [-0.4, -0.2) is 55.4 Å². The molecule has 0 bridgehead atoms. The van der Waals surface area contributed by atoms with Gasteiger partial charge in [-0.1, -0.05) is 18.2 Å². The highest BCUT2D eigenvalue weighted by Crippen LogP contribution is 2.33. The molecule has 1 aliphatic rings. The van der Waals surface area contributed by atoms with Gasteiger partial charge in [-0.25, -0.2) is 0 Å². The molecule has 0 unspecified atom stereocenters. The van der Waals surface area contributed by atoms with E-state index in [4.69, 9.17) is 14.7 Å².